The molecule has 1 aromatic rings. The van der Waals surface area contributed by atoms with E-state index < -0.39 is 32.4 Å². The van der Waals surface area contributed by atoms with Gasteiger partial charge in [-0.3, -0.25) is 4.79 Å². The van der Waals surface area contributed by atoms with Gasteiger partial charge < -0.3 is 14.8 Å². The van der Waals surface area contributed by atoms with Gasteiger partial charge in [0.1, 0.15) is 0 Å². The van der Waals surface area contributed by atoms with Crippen LogP contribution in [0, 0.1) is 0 Å². The molecule has 7 nitrogen and oxygen atoms in total. The van der Waals surface area contributed by atoms with Crippen LogP contribution >= 0.6 is 0 Å². The third-order valence-electron chi connectivity index (χ3n) is 2.15. The predicted molar refractivity (Wildman–Crippen MR) is 65.6 cm³/mol. The average molecular weight is 289 g/mol. The smallest absolute Gasteiger partial charge is 0.371 e. The number of carbonyl (C=O) groups is 2. The quantitative estimate of drug-likeness (QED) is 0.795. The summed E-state index contributed by atoms with van der Waals surface area (Å²) >= 11 is 0. The van der Waals surface area contributed by atoms with Crippen LogP contribution in [0.3, 0.4) is 0 Å². The molecule has 0 saturated carbocycles. The highest BCUT2D eigenvalue weighted by atomic mass is 32.2. The van der Waals surface area contributed by atoms with Crippen molar-refractivity contribution in [2.45, 2.75) is 31.4 Å². The Morgan fingerprint density at radius 1 is 1.37 bits per heavy atom. The van der Waals surface area contributed by atoms with Crippen LogP contribution in [-0.4, -0.2) is 37.2 Å². The van der Waals surface area contributed by atoms with Crippen molar-refractivity contribution in [1.29, 1.82) is 0 Å². The molecule has 0 aliphatic rings. The minimum atomic E-state index is -3.79. The lowest BCUT2D eigenvalue weighted by Crippen LogP contribution is -2.31. The summed E-state index contributed by atoms with van der Waals surface area (Å²) in [5.41, 5.74) is 0. The molecule has 19 heavy (non-hydrogen) atoms. The van der Waals surface area contributed by atoms with E-state index in [1.807, 2.05) is 0 Å². The summed E-state index contributed by atoms with van der Waals surface area (Å²) in [5, 5.41) is 10.7. The van der Waals surface area contributed by atoms with Gasteiger partial charge in [-0.2, -0.15) is 0 Å². The molecule has 0 atom stereocenters. The van der Waals surface area contributed by atoms with Crippen molar-refractivity contribution in [3.63, 3.8) is 0 Å². The summed E-state index contributed by atoms with van der Waals surface area (Å²) in [6.45, 7) is 3.52. The van der Waals surface area contributed by atoms with Gasteiger partial charge >= 0.3 is 5.97 Å². The summed E-state index contributed by atoms with van der Waals surface area (Å²) < 4.78 is 28.3. The molecule has 0 bridgehead atoms. The van der Waals surface area contributed by atoms with Gasteiger partial charge in [-0.1, -0.05) is 0 Å². The lowest BCUT2D eigenvalue weighted by atomic mass is 10.3. The van der Waals surface area contributed by atoms with Crippen LogP contribution in [0.25, 0.3) is 0 Å². The monoisotopic (exact) mass is 289 g/mol. The second kappa shape index (κ2) is 5.87. The molecule has 106 valence electrons. The third kappa shape index (κ3) is 4.40. The van der Waals surface area contributed by atoms with Gasteiger partial charge in [0.25, 0.3) is 0 Å². The molecule has 0 spiro atoms. The van der Waals surface area contributed by atoms with Gasteiger partial charge in [-0.15, -0.1) is 0 Å². The fourth-order valence-electron chi connectivity index (χ4n) is 1.32. The summed E-state index contributed by atoms with van der Waals surface area (Å²) in [6, 6.07) is 2.06. The lowest BCUT2D eigenvalue weighted by Gasteiger charge is -2.07. The van der Waals surface area contributed by atoms with Crippen molar-refractivity contribution in [1.82, 2.24) is 5.32 Å². The predicted octanol–water partition coefficient (Wildman–Crippen LogP) is 0.666. The molecule has 8 heteroatoms. The van der Waals surface area contributed by atoms with E-state index in [0.717, 1.165) is 12.1 Å². The van der Waals surface area contributed by atoms with E-state index in [9.17, 15) is 18.0 Å². The molecular formula is C11H15NO6S. The van der Waals surface area contributed by atoms with E-state index in [0.29, 0.717) is 0 Å². The SMILES string of the molecule is CC(C)NC(=O)CCS(=O)(=O)c1ccc(C(=O)O)o1. The number of hydrogen-bond acceptors (Lipinski definition) is 5. The Bertz CT molecular complexity index is 572. The molecule has 2 N–H and O–H groups in total. The number of aromatic carboxylic acids is 1. The maximum absolute atomic E-state index is 11.8. The Kier molecular flexibility index (Phi) is 4.71. The summed E-state index contributed by atoms with van der Waals surface area (Å²) in [7, 11) is -3.79. The molecule has 1 heterocycles. The van der Waals surface area contributed by atoms with Crippen LogP contribution in [-0.2, 0) is 14.6 Å². The van der Waals surface area contributed by atoms with Crippen molar-refractivity contribution in [2.75, 3.05) is 5.75 Å². The van der Waals surface area contributed by atoms with Gasteiger partial charge in [-0.05, 0) is 26.0 Å². The Hall–Kier alpha value is -1.83. The van der Waals surface area contributed by atoms with E-state index in [1.54, 1.807) is 13.8 Å². The van der Waals surface area contributed by atoms with E-state index in [2.05, 4.69) is 5.32 Å². The van der Waals surface area contributed by atoms with Gasteiger partial charge in [0.15, 0.2) is 0 Å². The standard InChI is InChI=1S/C11H15NO6S/c1-7(2)12-9(13)5-6-19(16,17)10-4-3-8(18-10)11(14)15/h3-4,7H,5-6H2,1-2H3,(H,12,13)(H,14,15). The molecule has 0 aliphatic carbocycles. The number of sulfone groups is 1. The second-order valence-electron chi connectivity index (χ2n) is 4.21. The van der Waals surface area contributed by atoms with Crippen molar-refractivity contribution < 1.29 is 27.5 Å². The lowest BCUT2D eigenvalue weighted by molar-refractivity contribution is -0.121. The molecular weight excluding hydrogens is 274 g/mol. The zero-order valence-electron chi connectivity index (χ0n) is 10.5. The zero-order chi connectivity index (χ0) is 14.6. The largest absolute Gasteiger partial charge is 0.475 e. The van der Waals surface area contributed by atoms with Crippen LogP contribution < -0.4 is 5.32 Å². The molecule has 0 aliphatic heterocycles. The van der Waals surface area contributed by atoms with Crippen LogP contribution in [0.1, 0.15) is 30.8 Å². The Labute approximate surface area is 110 Å². The molecule has 0 fully saturated rings. The molecule has 1 amide bonds. The number of carboxylic acid groups (broad SMARTS) is 1. The van der Waals surface area contributed by atoms with Crippen molar-refractivity contribution >= 4 is 21.7 Å². The number of carboxylic acids is 1. The molecule has 1 aromatic heterocycles. The van der Waals surface area contributed by atoms with Crippen molar-refractivity contribution in [3.8, 4) is 0 Å². The minimum Gasteiger partial charge on any atom is -0.475 e. The first-order chi connectivity index (χ1) is 8.72. The Morgan fingerprint density at radius 3 is 2.47 bits per heavy atom. The van der Waals surface area contributed by atoms with Crippen LogP contribution in [0.15, 0.2) is 21.6 Å². The van der Waals surface area contributed by atoms with E-state index >= 15 is 0 Å². The third-order valence-corrected chi connectivity index (χ3v) is 3.72. The first-order valence-corrected chi connectivity index (χ1v) is 7.23. The van der Waals surface area contributed by atoms with Crippen LogP contribution in [0.2, 0.25) is 0 Å². The highest BCUT2D eigenvalue weighted by molar-refractivity contribution is 7.91. The van der Waals surface area contributed by atoms with E-state index in [-0.39, 0.29) is 18.4 Å². The average Bonchev–Trinajstić information content (AvgIpc) is 2.75. The highest BCUT2D eigenvalue weighted by Gasteiger charge is 2.22. The first-order valence-electron chi connectivity index (χ1n) is 5.57. The van der Waals surface area contributed by atoms with E-state index in [4.69, 9.17) is 9.52 Å². The number of carbonyl (C=O) groups excluding carboxylic acids is 1. The van der Waals surface area contributed by atoms with Gasteiger partial charge in [-0.25, -0.2) is 13.2 Å². The highest BCUT2D eigenvalue weighted by Crippen LogP contribution is 2.16. The number of furan rings is 1. The molecule has 0 radical (unpaired) electrons. The first kappa shape index (κ1) is 15.2. The zero-order valence-corrected chi connectivity index (χ0v) is 11.4. The summed E-state index contributed by atoms with van der Waals surface area (Å²) in [4.78, 5) is 21.9. The van der Waals surface area contributed by atoms with Gasteiger partial charge in [0.2, 0.25) is 26.6 Å². The number of hydrogen-bond donors (Lipinski definition) is 2. The van der Waals surface area contributed by atoms with Gasteiger partial charge in [0, 0.05) is 12.5 Å². The van der Waals surface area contributed by atoms with E-state index in [1.165, 1.54) is 0 Å². The molecule has 0 aromatic carbocycles. The normalized spacial score (nSPS) is 11.5. The summed E-state index contributed by atoms with van der Waals surface area (Å²) in [6.07, 6.45) is -0.205. The minimum absolute atomic E-state index is 0.0718. The maximum Gasteiger partial charge on any atom is 0.371 e. The molecule has 1 rings (SSSR count). The van der Waals surface area contributed by atoms with Gasteiger partial charge in [0.05, 0.1) is 5.75 Å². The number of amides is 1. The Balaban J connectivity index is 2.70. The number of rotatable bonds is 6. The Morgan fingerprint density at radius 2 is 2.00 bits per heavy atom. The second-order valence-corrected chi connectivity index (χ2v) is 6.26. The maximum atomic E-state index is 11.8. The van der Waals surface area contributed by atoms with Crippen LogP contribution in [0.4, 0.5) is 0 Å². The summed E-state index contributed by atoms with van der Waals surface area (Å²) in [5.74, 6) is -2.62. The fourth-order valence-corrected chi connectivity index (χ4v) is 2.47. The fraction of sp³-hybridized carbons (Fsp3) is 0.455. The topological polar surface area (TPSA) is 114 Å². The molecule has 0 saturated heterocycles. The van der Waals surface area contributed by atoms with Crippen molar-refractivity contribution in [2.24, 2.45) is 0 Å². The van der Waals surface area contributed by atoms with Crippen molar-refractivity contribution in [3.05, 3.63) is 17.9 Å². The molecule has 0 unspecified atom stereocenters. The van der Waals surface area contributed by atoms with Crippen LogP contribution in [0.5, 0.6) is 0 Å². The number of nitrogens with one attached hydrogen (secondary N) is 1.